The Labute approximate surface area is 115 Å². The second-order valence-electron chi connectivity index (χ2n) is 3.84. The van der Waals surface area contributed by atoms with Crippen LogP contribution in [0.4, 0.5) is 5.69 Å². The lowest BCUT2D eigenvalue weighted by molar-refractivity contribution is 0.872. The Morgan fingerprint density at radius 3 is 2.56 bits per heavy atom. The second kappa shape index (κ2) is 6.47. The van der Waals surface area contributed by atoms with Crippen molar-refractivity contribution >= 4 is 21.6 Å². The van der Waals surface area contributed by atoms with E-state index >= 15 is 0 Å². The smallest absolute Gasteiger partial charge is 0.160 e. The summed E-state index contributed by atoms with van der Waals surface area (Å²) in [6, 6.07) is 7.90. The van der Waals surface area contributed by atoms with Crippen molar-refractivity contribution in [3.8, 4) is 11.4 Å². The van der Waals surface area contributed by atoms with Crippen LogP contribution in [0.1, 0.15) is 6.42 Å². The maximum Gasteiger partial charge on any atom is 0.160 e. The number of halogens is 1. The molecule has 4 nitrogen and oxygen atoms in total. The van der Waals surface area contributed by atoms with Gasteiger partial charge in [-0.1, -0.05) is 34.1 Å². The molecule has 2 aromatic rings. The van der Waals surface area contributed by atoms with Crippen LogP contribution in [0, 0.1) is 0 Å². The SMILES string of the molecule is NCCCNc1cnc(-c2ccccc2Br)nc1. The van der Waals surface area contributed by atoms with Crippen LogP contribution in [-0.4, -0.2) is 23.1 Å². The molecule has 5 heteroatoms. The molecule has 1 aromatic heterocycles. The molecule has 0 saturated heterocycles. The van der Waals surface area contributed by atoms with Crippen LogP contribution in [0.5, 0.6) is 0 Å². The number of anilines is 1. The molecule has 0 fully saturated rings. The summed E-state index contributed by atoms with van der Waals surface area (Å²) in [5.74, 6) is 0.715. The molecule has 0 aliphatic carbocycles. The van der Waals surface area contributed by atoms with Gasteiger partial charge in [-0.3, -0.25) is 0 Å². The molecule has 0 saturated carbocycles. The molecule has 0 amide bonds. The molecule has 0 aliphatic rings. The predicted molar refractivity (Wildman–Crippen MR) is 77.3 cm³/mol. The number of hydrogen-bond acceptors (Lipinski definition) is 4. The number of nitrogens with zero attached hydrogens (tertiary/aromatic N) is 2. The van der Waals surface area contributed by atoms with E-state index in [1.54, 1.807) is 12.4 Å². The lowest BCUT2D eigenvalue weighted by Gasteiger charge is -2.06. The van der Waals surface area contributed by atoms with Crippen molar-refractivity contribution in [3.05, 3.63) is 41.1 Å². The fraction of sp³-hybridized carbons (Fsp3) is 0.231. The van der Waals surface area contributed by atoms with E-state index in [1.807, 2.05) is 24.3 Å². The van der Waals surface area contributed by atoms with Gasteiger partial charge in [-0.25, -0.2) is 9.97 Å². The van der Waals surface area contributed by atoms with Crippen molar-refractivity contribution < 1.29 is 0 Å². The zero-order valence-electron chi connectivity index (χ0n) is 9.94. The molecule has 0 radical (unpaired) electrons. The Hall–Kier alpha value is -1.46. The van der Waals surface area contributed by atoms with Gasteiger partial charge in [-0.05, 0) is 19.0 Å². The van der Waals surface area contributed by atoms with Crippen LogP contribution < -0.4 is 11.1 Å². The minimum absolute atomic E-state index is 0.683. The van der Waals surface area contributed by atoms with E-state index < -0.39 is 0 Å². The molecule has 1 heterocycles. The first-order valence-electron chi connectivity index (χ1n) is 5.82. The average molecular weight is 307 g/mol. The Morgan fingerprint density at radius 2 is 1.89 bits per heavy atom. The molecule has 0 unspecified atom stereocenters. The molecule has 94 valence electrons. The van der Waals surface area contributed by atoms with E-state index in [2.05, 4.69) is 31.2 Å². The van der Waals surface area contributed by atoms with Crippen LogP contribution in [0.25, 0.3) is 11.4 Å². The first-order valence-corrected chi connectivity index (χ1v) is 6.61. The highest BCUT2D eigenvalue weighted by molar-refractivity contribution is 9.10. The number of benzene rings is 1. The van der Waals surface area contributed by atoms with Crippen molar-refractivity contribution in [2.75, 3.05) is 18.4 Å². The maximum absolute atomic E-state index is 5.43. The van der Waals surface area contributed by atoms with Gasteiger partial charge in [-0.2, -0.15) is 0 Å². The quantitative estimate of drug-likeness (QED) is 0.834. The van der Waals surface area contributed by atoms with E-state index in [-0.39, 0.29) is 0 Å². The molecule has 1 aromatic carbocycles. The standard InChI is InChI=1S/C13H15BrN4/c14-12-5-2-1-4-11(12)13-17-8-10(9-18-13)16-7-3-6-15/h1-2,4-5,8-9,16H,3,6-7,15H2. The van der Waals surface area contributed by atoms with E-state index in [4.69, 9.17) is 5.73 Å². The van der Waals surface area contributed by atoms with Crippen molar-refractivity contribution in [1.29, 1.82) is 0 Å². The molecular formula is C13H15BrN4. The molecule has 0 bridgehead atoms. The maximum atomic E-state index is 5.43. The zero-order valence-corrected chi connectivity index (χ0v) is 11.5. The fourth-order valence-corrected chi connectivity index (χ4v) is 2.00. The Balaban J connectivity index is 2.10. The lowest BCUT2D eigenvalue weighted by atomic mass is 10.2. The van der Waals surface area contributed by atoms with E-state index in [9.17, 15) is 0 Å². The summed E-state index contributed by atoms with van der Waals surface area (Å²) in [6.45, 7) is 1.52. The van der Waals surface area contributed by atoms with Gasteiger partial charge in [0, 0.05) is 16.6 Å². The van der Waals surface area contributed by atoms with Gasteiger partial charge in [0.25, 0.3) is 0 Å². The number of nitrogens with two attached hydrogens (primary N) is 1. The van der Waals surface area contributed by atoms with Gasteiger partial charge < -0.3 is 11.1 Å². The number of nitrogens with one attached hydrogen (secondary N) is 1. The molecule has 0 spiro atoms. The third-order valence-corrected chi connectivity index (χ3v) is 3.17. The highest BCUT2D eigenvalue weighted by atomic mass is 79.9. The Bertz CT molecular complexity index is 499. The summed E-state index contributed by atoms with van der Waals surface area (Å²) >= 11 is 3.49. The highest BCUT2D eigenvalue weighted by Crippen LogP contribution is 2.24. The summed E-state index contributed by atoms with van der Waals surface area (Å²) in [5.41, 5.74) is 7.34. The molecule has 3 N–H and O–H groups in total. The summed E-state index contributed by atoms with van der Waals surface area (Å²) in [6.07, 6.45) is 4.52. The lowest BCUT2D eigenvalue weighted by Crippen LogP contribution is -2.08. The number of rotatable bonds is 5. The molecule has 18 heavy (non-hydrogen) atoms. The zero-order chi connectivity index (χ0) is 12.8. The Morgan fingerprint density at radius 1 is 1.17 bits per heavy atom. The fourth-order valence-electron chi connectivity index (χ4n) is 1.54. The number of hydrogen-bond donors (Lipinski definition) is 2. The first kappa shape index (κ1) is 13.0. The summed E-state index contributed by atoms with van der Waals surface area (Å²) in [4.78, 5) is 8.71. The van der Waals surface area contributed by atoms with E-state index in [0.717, 1.165) is 28.7 Å². The van der Waals surface area contributed by atoms with Crippen molar-refractivity contribution in [1.82, 2.24) is 9.97 Å². The van der Waals surface area contributed by atoms with E-state index in [1.165, 1.54) is 0 Å². The van der Waals surface area contributed by atoms with Crippen LogP contribution in [0.3, 0.4) is 0 Å². The largest absolute Gasteiger partial charge is 0.383 e. The van der Waals surface area contributed by atoms with Crippen LogP contribution in [-0.2, 0) is 0 Å². The van der Waals surface area contributed by atoms with Gasteiger partial charge in [0.05, 0.1) is 18.1 Å². The predicted octanol–water partition coefficient (Wildman–Crippen LogP) is 2.67. The molecule has 0 aliphatic heterocycles. The summed E-state index contributed by atoms with van der Waals surface area (Å²) in [7, 11) is 0. The second-order valence-corrected chi connectivity index (χ2v) is 4.70. The topological polar surface area (TPSA) is 63.8 Å². The first-order chi connectivity index (χ1) is 8.81. The third-order valence-electron chi connectivity index (χ3n) is 2.48. The monoisotopic (exact) mass is 306 g/mol. The van der Waals surface area contributed by atoms with Crippen molar-refractivity contribution in [2.45, 2.75) is 6.42 Å². The van der Waals surface area contributed by atoms with Gasteiger partial charge in [0.2, 0.25) is 0 Å². The van der Waals surface area contributed by atoms with Gasteiger partial charge in [-0.15, -0.1) is 0 Å². The normalized spacial score (nSPS) is 10.3. The minimum Gasteiger partial charge on any atom is -0.383 e. The summed E-state index contributed by atoms with van der Waals surface area (Å²) in [5, 5.41) is 3.22. The average Bonchev–Trinajstić information content (AvgIpc) is 2.41. The van der Waals surface area contributed by atoms with Gasteiger partial charge >= 0.3 is 0 Å². The molecule has 2 rings (SSSR count). The molecule has 0 atom stereocenters. The van der Waals surface area contributed by atoms with Crippen LogP contribution in [0.2, 0.25) is 0 Å². The Kier molecular flexibility index (Phi) is 4.66. The van der Waals surface area contributed by atoms with Crippen LogP contribution in [0.15, 0.2) is 41.1 Å². The highest BCUT2D eigenvalue weighted by Gasteiger charge is 2.04. The van der Waals surface area contributed by atoms with Crippen molar-refractivity contribution in [3.63, 3.8) is 0 Å². The van der Waals surface area contributed by atoms with Crippen molar-refractivity contribution in [2.24, 2.45) is 5.73 Å². The summed E-state index contributed by atoms with van der Waals surface area (Å²) < 4.78 is 0.994. The van der Waals surface area contributed by atoms with Gasteiger partial charge in [0.15, 0.2) is 5.82 Å². The van der Waals surface area contributed by atoms with Gasteiger partial charge in [0.1, 0.15) is 0 Å². The van der Waals surface area contributed by atoms with Crippen LogP contribution >= 0.6 is 15.9 Å². The third kappa shape index (κ3) is 3.27. The number of aromatic nitrogens is 2. The van der Waals surface area contributed by atoms with E-state index in [0.29, 0.717) is 12.4 Å². The minimum atomic E-state index is 0.683. The molecular weight excluding hydrogens is 292 g/mol.